The first-order valence-corrected chi connectivity index (χ1v) is 30.4. The van der Waals surface area contributed by atoms with Crippen LogP contribution in [-0.2, 0) is 24.7 Å². The van der Waals surface area contributed by atoms with E-state index in [1.165, 1.54) is 22.3 Å². The molecule has 2 N–H and O–H groups in total. The zero-order chi connectivity index (χ0) is 48.3. The van der Waals surface area contributed by atoms with Crippen molar-refractivity contribution in [3.05, 3.63) is 156 Å². The van der Waals surface area contributed by atoms with E-state index >= 15 is 0 Å². The van der Waals surface area contributed by atoms with Crippen LogP contribution in [0.15, 0.2) is 128 Å². The van der Waals surface area contributed by atoms with Gasteiger partial charge in [-0.25, -0.2) is 15.0 Å². The Balaban J connectivity index is 1.12. The van der Waals surface area contributed by atoms with Crippen molar-refractivity contribution in [3.8, 4) is 0 Å². The molecule has 4 heterocycles. The van der Waals surface area contributed by atoms with Gasteiger partial charge in [0.05, 0.1) is 19.0 Å². The molecule has 0 bridgehead atoms. The van der Waals surface area contributed by atoms with E-state index in [2.05, 4.69) is 209 Å². The van der Waals surface area contributed by atoms with Gasteiger partial charge in [0, 0.05) is 51.7 Å². The van der Waals surface area contributed by atoms with E-state index in [1.807, 2.05) is 6.33 Å². The lowest BCUT2D eigenvalue weighted by molar-refractivity contribution is -0.0562. The number of nitrogens with zero attached hydrogens (tertiary/aromatic N) is 5. The lowest BCUT2D eigenvalue weighted by atomic mass is 9.91. The Labute approximate surface area is 407 Å². The molecule has 4 aromatic carbocycles. The molecule has 362 valence electrons. The lowest BCUT2D eigenvalue weighted by Crippen LogP contribution is -2.59. The Morgan fingerprint density at radius 1 is 0.691 bits per heavy atom. The number of likely N-dealkylation sites (tertiary alicyclic amines) is 1. The van der Waals surface area contributed by atoms with Gasteiger partial charge in [0.15, 0.2) is 39.8 Å². The van der Waals surface area contributed by atoms with Crippen LogP contribution < -0.4 is 10.6 Å². The number of ether oxygens (including phenoxy) is 2. The van der Waals surface area contributed by atoms with Crippen molar-refractivity contribution in [1.82, 2.24) is 29.7 Å². The normalized spacial score (nSPS) is 19.8. The minimum atomic E-state index is -2.37. The smallest absolute Gasteiger partial charge is 0.192 e. The fraction of sp³-hybridized carbons (Fsp3) is 0.473. The van der Waals surface area contributed by atoms with Gasteiger partial charge >= 0.3 is 0 Å². The molecule has 0 saturated carbocycles. The molecule has 2 aliphatic rings. The van der Waals surface area contributed by atoms with Gasteiger partial charge < -0.3 is 29.0 Å². The van der Waals surface area contributed by atoms with Crippen LogP contribution in [0.25, 0.3) is 11.2 Å². The second-order valence-electron chi connectivity index (χ2n) is 21.9. The number of fused-ring (bicyclic) bond motifs is 1. The minimum absolute atomic E-state index is 0.0245. The maximum Gasteiger partial charge on any atom is 0.192 e. The largest absolute Gasteiger partial charge is 0.408 e. The van der Waals surface area contributed by atoms with Gasteiger partial charge in [0.2, 0.25) is 0 Å². The summed E-state index contributed by atoms with van der Waals surface area (Å²) in [7, 11) is -2.95. The molecule has 2 aromatic heterocycles. The van der Waals surface area contributed by atoms with E-state index in [9.17, 15) is 0 Å². The molecule has 8 rings (SSSR count). The van der Waals surface area contributed by atoms with Gasteiger partial charge in [-0.3, -0.25) is 9.47 Å². The second kappa shape index (κ2) is 20.8. The zero-order valence-corrected chi connectivity index (χ0v) is 44.3. The third-order valence-corrected chi connectivity index (χ3v) is 23.9. The molecule has 68 heavy (non-hydrogen) atoms. The molecular formula is C55H75N7O4Si2. The van der Waals surface area contributed by atoms with E-state index in [-0.39, 0.29) is 34.2 Å². The van der Waals surface area contributed by atoms with Crippen LogP contribution in [0.2, 0.25) is 36.3 Å². The van der Waals surface area contributed by atoms with Crippen molar-refractivity contribution in [2.45, 2.75) is 127 Å². The summed E-state index contributed by atoms with van der Waals surface area (Å²) < 4.78 is 29.9. The van der Waals surface area contributed by atoms with E-state index in [4.69, 9.17) is 33.3 Å². The number of imidazole rings is 1. The Morgan fingerprint density at radius 2 is 1.19 bits per heavy atom. The Bertz CT molecular complexity index is 2450. The molecular weight excluding hydrogens is 879 g/mol. The predicted molar refractivity (Wildman–Crippen MR) is 280 cm³/mol. The highest BCUT2D eigenvalue weighted by Crippen LogP contribution is 2.46. The summed E-state index contributed by atoms with van der Waals surface area (Å²) in [6.07, 6.45) is 0.768. The number of hydrogen-bond donors (Lipinski definition) is 2. The van der Waals surface area contributed by atoms with Crippen LogP contribution >= 0.6 is 0 Å². The van der Waals surface area contributed by atoms with Crippen molar-refractivity contribution < 1.29 is 18.3 Å². The van der Waals surface area contributed by atoms with Crippen LogP contribution in [0.1, 0.15) is 87.8 Å². The highest BCUT2D eigenvalue weighted by atomic mass is 28.4. The predicted octanol–water partition coefficient (Wildman–Crippen LogP) is 11.0. The maximum atomic E-state index is 7.46. The summed E-state index contributed by atoms with van der Waals surface area (Å²) in [5.74, 6) is 1.51. The molecule has 4 atom stereocenters. The van der Waals surface area contributed by atoms with E-state index in [1.54, 1.807) is 7.11 Å². The quantitative estimate of drug-likeness (QED) is 0.0762. The summed E-state index contributed by atoms with van der Waals surface area (Å²) >= 11 is 0. The molecule has 13 heteroatoms. The SMILES string of the molecule is COC[C@H]1O[C@@H](n2cnc3c(NCC(c4ccccc4)c4ccccc4)nc(CCNC4CN(C(c5ccccc5)c5ccccc5)C4)nc32)[C@H](O[Si](C)(C)C(C)(C)C)[C@@H]1O[Si](C)(C)C(C)(C)C. The van der Waals surface area contributed by atoms with Crippen LogP contribution in [0.4, 0.5) is 5.82 Å². The molecule has 2 fully saturated rings. The highest BCUT2D eigenvalue weighted by molar-refractivity contribution is 6.74. The van der Waals surface area contributed by atoms with Crippen molar-refractivity contribution >= 4 is 33.6 Å². The molecule has 0 amide bonds. The Hall–Kier alpha value is -4.58. The fourth-order valence-electron chi connectivity index (χ4n) is 9.04. The van der Waals surface area contributed by atoms with Gasteiger partial charge in [0.1, 0.15) is 24.1 Å². The molecule has 0 unspecified atom stereocenters. The molecule has 2 aliphatic heterocycles. The summed E-state index contributed by atoms with van der Waals surface area (Å²) in [6, 6.07) is 43.6. The standard InChI is InChI=1S/C55H75N7O4Si2/c1-54(2,3)67(8,9)65-49-45(37-63-7)64-53(50(49)66-68(10,11)55(4,5)6)62-38-58-47-51(57-34-44(39-24-16-12-17-25-39)40-26-18-13-19-27-40)59-46(60-52(47)62)32-33-56-43-35-61(36-43)48(41-28-20-14-21-29-41)42-30-22-15-23-31-42/h12-31,38,43-45,48-50,53,56H,32-37H2,1-11H3,(H,57,59,60)/t45-,49-,50-,53-/m1/s1. The van der Waals surface area contributed by atoms with Gasteiger partial charge in [-0.15, -0.1) is 0 Å². The summed E-state index contributed by atoms with van der Waals surface area (Å²) in [6.45, 7) is 26.5. The van der Waals surface area contributed by atoms with Crippen molar-refractivity contribution in [2.75, 3.05) is 45.2 Å². The number of benzene rings is 4. The molecule has 0 radical (unpaired) electrons. The third-order valence-electron chi connectivity index (χ3n) is 15.0. The van der Waals surface area contributed by atoms with Crippen LogP contribution in [0.3, 0.4) is 0 Å². The van der Waals surface area contributed by atoms with Gasteiger partial charge in [-0.1, -0.05) is 163 Å². The summed E-state index contributed by atoms with van der Waals surface area (Å²) in [4.78, 5) is 18.3. The second-order valence-corrected chi connectivity index (χ2v) is 31.4. The van der Waals surface area contributed by atoms with Crippen molar-refractivity contribution in [1.29, 1.82) is 0 Å². The number of nitrogens with one attached hydrogen (secondary N) is 2. The highest BCUT2D eigenvalue weighted by Gasteiger charge is 2.54. The number of rotatable bonds is 19. The Morgan fingerprint density at radius 3 is 1.69 bits per heavy atom. The molecule has 11 nitrogen and oxygen atoms in total. The fourth-order valence-corrected chi connectivity index (χ4v) is 11.6. The van der Waals surface area contributed by atoms with Gasteiger partial charge in [-0.05, 0) is 58.5 Å². The summed E-state index contributed by atoms with van der Waals surface area (Å²) in [5.41, 5.74) is 6.47. The Kier molecular flexibility index (Phi) is 15.2. The van der Waals surface area contributed by atoms with Crippen molar-refractivity contribution in [3.63, 3.8) is 0 Å². The summed E-state index contributed by atoms with van der Waals surface area (Å²) in [5, 5.41) is 7.58. The van der Waals surface area contributed by atoms with E-state index < -0.39 is 29.0 Å². The maximum absolute atomic E-state index is 7.46. The van der Waals surface area contributed by atoms with Gasteiger partial charge in [-0.2, -0.15) is 0 Å². The minimum Gasteiger partial charge on any atom is -0.408 e. The average Bonchev–Trinajstić information content (AvgIpc) is 3.86. The van der Waals surface area contributed by atoms with E-state index in [0.29, 0.717) is 42.6 Å². The monoisotopic (exact) mass is 954 g/mol. The van der Waals surface area contributed by atoms with E-state index in [0.717, 1.165) is 25.5 Å². The molecule has 0 aliphatic carbocycles. The average molecular weight is 954 g/mol. The van der Waals surface area contributed by atoms with Gasteiger partial charge in [0.25, 0.3) is 0 Å². The number of aromatic nitrogens is 4. The van der Waals surface area contributed by atoms with Crippen LogP contribution in [0, 0.1) is 0 Å². The zero-order valence-electron chi connectivity index (χ0n) is 42.3. The molecule has 2 saturated heterocycles. The lowest BCUT2D eigenvalue weighted by Gasteiger charge is -2.45. The number of hydrogen-bond acceptors (Lipinski definition) is 10. The third kappa shape index (κ3) is 11.1. The molecule has 0 spiro atoms. The van der Waals surface area contributed by atoms with Crippen LogP contribution in [0.5, 0.6) is 0 Å². The molecule has 6 aromatic rings. The number of methoxy groups -OCH3 is 1. The first kappa shape index (κ1) is 49.8. The topological polar surface area (TPSA) is 108 Å². The number of anilines is 1. The first-order valence-electron chi connectivity index (χ1n) is 24.6. The van der Waals surface area contributed by atoms with Crippen LogP contribution in [-0.4, -0.2) is 105 Å². The first-order chi connectivity index (χ1) is 32.4. The van der Waals surface area contributed by atoms with Crippen molar-refractivity contribution in [2.24, 2.45) is 0 Å².